The van der Waals surface area contributed by atoms with Gasteiger partial charge in [0.1, 0.15) is 0 Å². The summed E-state index contributed by atoms with van der Waals surface area (Å²) in [5, 5.41) is 14.2. The van der Waals surface area contributed by atoms with Crippen molar-refractivity contribution in [3.63, 3.8) is 0 Å². The molecule has 7 heteroatoms. The number of hydrogen-bond donors (Lipinski definition) is 1. The van der Waals surface area contributed by atoms with Crippen molar-refractivity contribution in [1.29, 1.82) is 0 Å². The number of piperidine rings is 1. The van der Waals surface area contributed by atoms with Crippen LogP contribution in [0.1, 0.15) is 24.8 Å². The van der Waals surface area contributed by atoms with Gasteiger partial charge in [-0.05, 0) is 31.4 Å². The maximum absolute atomic E-state index is 13.2. The minimum absolute atomic E-state index is 0.247. The van der Waals surface area contributed by atoms with E-state index in [4.69, 9.17) is 0 Å². The van der Waals surface area contributed by atoms with Gasteiger partial charge in [-0.15, -0.1) is 0 Å². The van der Waals surface area contributed by atoms with E-state index in [-0.39, 0.29) is 11.3 Å². The van der Waals surface area contributed by atoms with Gasteiger partial charge in [0.25, 0.3) is 12.1 Å². The molecule has 0 radical (unpaired) electrons. The number of rotatable bonds is 3. The summed E-state index contributed by atoms with van der Waals surface area (Å²) < 4.78 is 26.5. The smallest absolute Gasteiger partial charge is 0.270 e. The fourth-order valence-electron chi connectivity index (χ4n) is 3.36. The zero-order chi connectivity index (χ0) is 15.0. The van der Waals surface area contributed by atoms with Crippen LogP contribution in [0.3, 0.4) is 0 Å². The van der Waals surface area contributed by atoms with E-state index in [1.54, 1.807) is 0 Å². The van der Waals surface area contributed by atoms with Crippen LogP contribution in [0.15, 0.2) is 18.2 Å². The van der Waals surface area contributed by atoms with Gasteiger partial charge in [0.2, 0.25) is 0 Å². The third-order valence-corrected chi connectivity index (χ3v) is 4.40. The summed E-state index contributed by atoms with van der Waals surface area (Å²) in [6, 6.07) is 4.09. The largest absolute Gasteiger partial charge is 0.369 e. The Morgan fingerprint density at radius 2 is 2.19 bits per heavy atom. The number of non-ortho nitro benzene ring substituents is 1. The van der Waals surface area contributed by atoms with Crippen molar-refractivity contribution >= 4 is 11.4 Å². The molecule has 0 saturated carbocycles. The van der Waals surface area contributed by atoms with Gasteiger partial charge in [-0.25, -0.2) is 8.78 Å². The molecule has 3 rings (SSSR count). The Kier molecular flexibility index (Phi) is 3.75. The Labute approximate surface area is 121 Å². The number of hydrogen-bond acceptors (Lipinski definition) is 4. The van der Waals surface area contributed by atoms with Crippen molar-refractivity contribution in [3.8, 4) is 0 Å². The molecule has 2 aliphatic rings. The van der Waals surface area contributed by atoms with Crippen LogP contribution in [-0.4, -0.2) is 30.6 Å². The quantitative estimate of drug-likeness (QED) is 0.688. The average molecular weight is 297 g/mol. The van der Waals surface area contributed by atoms with Crippen LogP contribution >= 0.6 is 0 Å². The van der Waals surface area contributed by atoms with Gasteiger partial charge in [-0.3, -0.25) is 10.1 Å². The SMILES string of the molecule is O=[N+]([O-])c1ccc(N2C[C@@H]3CCCN[C@@H]3C2)c(C(F)F)c1. The van der Waals surface area contributed by atoms with E-state index in [0.29, 0.717) is 24.2 Å². The van der Waals surface area contributed by atoms with Gasteiger partial charge in [0.15, 0.2) is 0 Å². The monoisotopic (exact) mass is 297 g/mol. The van der Waals surface area contributed by atoms with Gasteiger partial charge < -0.3 is 10.2 Å². The summed E-state index contributed by atoms with van der Waals surface area (Å²) in [5.74, 6) is 0.472. The van der Waals surface area contributed by atoms with Crippen LogP contribution < -0.4 is 10.2 Å². The topological polar surface area (TPSA) is 58.4 Å². The molecule has 2 atom stereocenters. The van der Waals surface area contributed by atoms with E-state index in [0.717, 1.165) is 32.0 Å². The van der Waals surface area contributed by atoms with E-state index in [9.17, 15) is 18.9 Å². The molecule has 1 aromatic rings. The first-order chi connectivity index (χ1) is 10.1. The van der Waals surface area contributed by atoms with E-state index in [1.165, 1.54) is 12.1 Å². The molecule has 21 heavy (non-hydrogen) atoms. The summed E-state index contributed by atoms with van der Waals surface area (Å²) in [6.45, 7) is 2.38. The maximum Gasteiger partial charge on any atom is 0.270 e. The van der Waals surface area contributed by atoms with Crippen LogP contribution in [0.5, 0.6) is 0 Å². The molecule has 0 spiro atoms. The standard InChI is InChI=1S/C14H17F2N3O2/c15-14(16)11-6-10(19(20)21)3-4-13(11)18-7-9-2-1-5-17-12(9)8-18/h3-4,6,9,12,14,17H,1-2,5,7-8H2/t9-,12+/m0/s1. The van der Waals surface area contributed by atoms with E-state index < -0.39 is 11.3 Å². The molecule has 0 amide bonds. The Morgan fingerprint density at radius 3 is 2.86 bits per heavy atom. The minimum Gasteiger partial charge on any atom is -0.369 e. The molecule has 0 aliphatic carbocycles. The lowest BCUT2D eigenvalue weighted by molar-refractivity contribution is -0.385. The van der Waals surface area contributed by atoms with Gasteiger partial charge in [0.05, 0.1) is 4.92 Å². The molecular formula is C14H17F2N3O2. The van der Waals surface area contributed by atoms with Crippen LogP contribution in [0, 0.1) is 16.0 Å². The molecule has 0 aromatic heterocycles. The first kappa shape index (κ1) is 14.2. The number of nitro benzene ring substituents is 1. The van der Waals surface area contributed by atoms with Gasteiger partial charge in [-0.2, -0.15) is 0 Å². The van der Waals surface area contributed by atoms with Crippen LogP contribution in [0.2, 0.25) is 0 Å². The molecular weight excluding hydrogens is 280 g/mol. The highest BCUT2D eigenvalue weighted by atomic mass is 19.3. The lowest BCUT2D eigenvalue weighted by Gasteiger charge is -2.24. The van der Waals surface area contributed by atoms with Crippen molar-refractivity contribution in [2.24, 2.45) is 5.92 Å². The lowest BCUT2D eigenvalue weighted by Crippen LogP contribution is -2.40. The molecule has 0 unspecified atom stereocenters. The number of benzene rings is 1. The summed E-state index contributed by atoms with van der Waals surface area (Å²) in [5.41, 5.74) is -0.113. The van der Waals surface area contributed by atoms with Crippen LogP contribution in [0.4, 0.5) is 20.2 Å². The first-order valence-corrected chi connectivity index (χ1v) is 7.11. The van der Waals surface area contributed by atoms with Gasteiger partial charge in [-0.1, -0.05) is 0 Å². The number of nitro groups is 1. The predicted molar refractivity (Wildman–Crippen MR) is 74.8 cm³/mol. The number of nitrogens with one attached hydrogen (secondary N) is 1. The molecule has 114 valence electrons. The fraction of sp³-hybridized carbons (Fsp3) is 0.571. The van der Waals surface area contributed by atoms with Crippen molar-refractivity contribution < 1.29 is 13.7 Å². The highest BCUT2D eigenvalue weighted by Crippen LogP contribution is 2.36. The zero-order valence-corrected chi connectivity index (χ0v) is 11.5. The van der Waals surface area contributed by atoms with E-state index in [2.05, 4.69) is 5.32 Å². The average Bonchev–Trinajstić information content (AvgIpc) is 2.90. The number of fused-ring (bicyclic) bond motifs is 1. The zero-order valence-electron chi connectivity index (χ0n) is 11.5. The summed E-state index contributed by atoms with van der Waals surface area (Å²) in [4.78, 5) is 12.0. The van der Waals surface area contributed by atoms with Crippen molar-refractivity contribution in [1.82, 2.24) is 5.32 Å². The third kappa shape index (κ3) is 2.70. The Bertz CT molecular complexity index is 539. The fourth-order valence-corrected chi connectivity index (χ4v) is 3.36. The molecule has 2 aliphatic heterocycles. The highest BCUT2D eigenvalue weighted by molar-refractivity contribution is 5.59. The van der Waals surface area contributed by atoms with Crippen molar-refractivity contribution in [2.45, 2.75) is 25.3 Å². The number of anilines is 1. The second-order valence-corrected chi connectivity index (χ2v) is 5.67. The number of halogens is 2. The molecule has 2 heterocycles. The molecule has 2 saturated heterocycles. The van der Waals surface area contributed by atoms with Crippen molar-refractivity contribution in [3.05, 3.63) is 33.9 Å². The Morgan fingerprint density at radius 1 is 1.38 bits per heavy atom. The van der Waals surface area contributed by atoms with Gasteiger partial charge >= 0.3 is 0 Å². The molecule has 1 N–H and O–H groups in total. The van der Waals surface area contributed by atoms with Gasteiger partial charge in [0, 0.05) is 42.5 Å². The summed E-state index contributed by atoms with van der Waals surface area (Å²) in [7, 11) is 0. The molecule has 0 bridgehead atoms. The minimum atomic E-state index is -2.71. The van der Waals surface area contributed by atoms with Crippen LogP contribution in [-0.2, 0) is 0 Å². The predicted octanol–water partition coefficient (Wildman–Crippen LogP) is 2.72. The maximum atomic E-state index is 13.2. The normalized spacial score (nSPS) is 25.2. The third-order valence-electron chi connectivity index (χ3n) is 4.40. The Hall–Kier alpha value is -1.76. The molecule has 2 fully saturated rings. The highest BCUT2D eigenvalue weighted by Gasteiger charge is 2.36. The molecule has 5 nitrogen and oxygen atoms in total. The van der Waals surface area contributed by atoms with E-state index >= 15 is 0 Å². The second-order valence-electron chi connectivity index (χ2n) is 5.67. The summed E-state index contributed by atoms with van der Waals surface area (Å²) >= 11 is 0. The molecule has 1 aromatic carbocycles. The van der Waals surface area contributed by atoms with E-state index in [1.807, 2.05) is 4.90 Å². The second kappa shape index (κ2) is 5.55. The number of nitrogens with zero attached hydrogens (tertiary/aromatic N) is 2. The first-order valence-electron chi connectivity index (χ1n) is 7.11. The van der Waals surface area contributed by atoms with Crippen molar-refractivity contribution in [2.75, 3.05) is 24.5 Å². The Balaban J connectivity index is 1.89. The van der Waals surface area contributed by atoms with Crippen LogP contribution in [0.25, 0.3) is 0 Å². The summed E-state index contributed by atoms with van der Waals surface area (Å²) in [6.07, 6.45) is -0.502. The number of alkyl halides is 2. The lowest BCUT2D eigenvalue weighted by atomic mass is 9.94.